The Morgan fingerprint density at radius 1 is 0.457 bits per heavy atom. The summed E-state index contributed by atoms with van der Waals surface area (Å²) in [7, 11) is 0. The average molecular weight is 649 g/mol. The highest BCUT2D eigenvalue weighted by molar-refractivity contribution is 5.77. The number of ether oxygens (including phenoxy) is 1. The monoisotopic (exact) mass is 649 g/mol. The predicted molar refractivity (Wildman–Crippen MR) is 200 cm³/mol. The number of carbonyl (C=O) groups is 2. The molecule has 1 N–H and O–H groups in total. The highest BCUT2D eigenvalue weighted by atomic mass is 16.6. The number of carboxylic acids is 1. The van der Waals surface area contributed by atoms with E-state index in [4.69, 9.17) is 4.74 Å². The predicted octanol–water partition coefficient (Wildman–Crippen LogP) is 14.2. The summed E-state index contributed by atoms with van der Waals surface area (Å²) in [6, 6.07) is 0. The van der Waals surface area contributed by atoms with Gasteiger partial charge in [0.1, 0.15) is 0 Å². The van der Waals surface area contributed by atoms with Gasteiger partial charge < -0.3 is 9.84 Å². The molecule has 46 heavy (non-hydrogen) atoms. The van der Waals surface area contributed by atoms with E-state index >= 15 is 0 Å². The number of rotatable bonds is 38. The molecule has 0 radical (unpaired) electrons. The zero-order chi connectivity index (χ0) is 33.6. The first-order valence-corrected chi connectivity index (χ1v) is 20.7. The van der Waals surface area contributed by atoms with Crippen molar-refractivity contribution in [3.8, 4) is 0 Å². The number of esters is 1. The first kappa shape index (κ1) is 44.7. The van der Waals surface area contributed by atoms with Gasteiger partial charge in [-0.25, -0.2) is 4.79 Å². The van der Waals surface area contributed by atoms with E-state index in [2.05, 4.69) is 26.0 Å². The zero-order valence-corrected chi connectivity index (χ0v) is 31.2. The van der Waals surface area contributed by atoms with E-state index in [9.17, 15) is 14.7 Å². The van der Waals surface area contributed by atoms with E-state index in [1.54, 1.807) is 0 Å². The third kappa shape index (κ3) is 35.5. The molecule has 0 amide bonds. The van der Waals surface area contributed by atoms with E-state index < -0.39 is 12.1 Å². The van der Waals surface area contributed by atoms with Gasteiger partial charge in [-0.15, -0.1) is 0 Å². The fourth-order valence-electron chi connectivity index (χ4n) is 6.38. The first-order chi connectivity index (χ1) is 22.6. The molecule has 1 atom stereocenters. The van der Waals surface area contributed by atoms with Gasteiger partial charge in [-0.1, -0.05) is 199 Å². The number of unbranched alkanes of at least 4 members (excludes halogenated alkanes) is 30. The average Bonchev–Trinajstić information content (AvgIpc) is 3.05. The maximum atomic E-state index is 12.2. The molecule has 0 aromatic carbocycles. The molecule has 0 aromatic rings. The molecule has 0 spiro atoms. The molecule has 0 saturated carbocycles. The molecule has 0 bridgehead atoms. The molecule has 0 saturated heterocycles. The smallest absolute Gasteiger partial charge is 0.345 e. The molecule has 0 fully saturated rings. The Bertz CT molecular complexity index is 658. The Balaban J connectivity index is 3.50. The number of allylic oxidation sites excluding steroid dienone is 2. The molecule has 0 heterocycles. The summed E-state index contributed by atoms with van der Waals surface area (Å²) in [6.07, 6.45) is 46.8. The first-order valence-electron chi connectivity index (χ1n) is 20.7. The minimum absolute atomic E-state index is 0.342. The van der Waals surface area contributed by atoms with Gasteiger partial charge in [0.25, 0.3) is 0 Å². The lowest BCUT2D eigenvalue weighted by atomic mass is 10.0. The second-order valence-electron chi connectivity index (χ2n) is 14.2. The largest absolute Gasteiger partial charge is 0.479 e. The molecule has 0 aromatic heterocycles. The summed E-state index contributed by atoms with van der Waals surface area (Å²) in [4.78, 5) is 23.8. The minimum Gasteiger partial charge on any atom is -0.479 e. The van der Waals surface area contributed by atoms with Crippen LogP contribution in [0.15, 0.2) is 12.2 Å². The Morgan fingerprint density at radius 3 is 1.11 bits per heavy atom. The third-order valence-corrected chi connectivity index (χ3v) is 9.51. The van der Waals surface area contributed by atoms with Crippen molar-refractivity contribution in [1.82, 2.24) is 0 Å². The number of carboxylic acid groups (broad SMARTS) is 1. The van der Waals surface area contributed by atoms with Crippen LogP contribution in [0.5, 0.6) is 0 Å². The second-order valence-corrected chi connectivity index (χ2v) is 14.2. The summed E-state index contributed by atoms with van der Waals surface area (Å²) in [5, 5.41) is 9.50. The van der Waals surface area contributed by atoms with E-state index in [0.29, 0.717) is 12.8 Å². The lowest BCUT2D eigenvalue weighted by Gasteiger charge is -2.13. The number of aliphatic carboxylic acids is 1. The normalized spacial score (nSPS) is 12.2. The summed E-state index contributed by atoms with van der Waals surface area (Å²) in [5.41, 5.74) is 0. The molecular formula is C42H80O4. The van der Waals surface area contributed by atoms with Crippen LogP contribution in [0, 0.1) is 0 Å². The van der Waals surface area contributed by atoms with Crippen LogP contribution in [0.3, 0.4) is 0 Å². The van der Waals surface area contributed by atoms with Crippen LogP contribution in [-0.2, 0) is 14.3 Å². The van der Waals surface area contributed by atoms with Crippen LogP contribution >= 0.6 is 0 Å². The van der Waals surface area contributed by atoms with Crippen molar-refractivity contribution in [2.75, 3.05) is 0 Å². The quantitative estimate of drug-likeness (QED) is 0.0411. The lowest BCUT2D eigenvalue weighted by Crippen LogP contribution is -2.27. The van der Waals surface area contributed by atoms with Crippen molar-refractivity contribution in [3.05, 3.63) is 12.2 Å². The molecule has 0 rings (SSSR count). The van der Waals surface area contributed by atoms with E-state index in [0.717, 1.165) is 38.5 Å². The molecule has 0 aliphatic carbocycles. The van der Waals surface area contributed by atoms with Gasteiger partial charge in [0.15, 0.2) is 6.10 Å². The maximum Gasteiger partial charge on any atom is 0.345 e. The fraction of sp³-hybridized carbons (Fsp3) is 0.905. The Labute approximate surface area is 287 Å². The van der Waals surface area contributed by atoms with Gasteiger partial charge >= 0.3 is 11.9 Å². The van der Waals surface area contributed by atoms with E-state index in [-0.39, 0.29) is 5.97 Å². The van der Waals surface area contributed by atoms with E-state index in [1.165, 1.54) is 173 Å². The summed E-state index contributed by atoms with van der Waals surface area (Å²) < 4.78 is 5.33. The summed E-state index contributed by atoms with van der Waals surface area (Å²) >= 11 is 0. The van der Waals surface area contributed by atoms with Gasteiger partial charge in [-0.2, -0.15) is 0 Å². The van der Waals surface area contributed by atoms with Crippen molar-refractivity contribution < 1.29 is 19.4 Å². The van der Waals surface area contributed by atoms with Crippen LogP contribution in [-0.4, -0.2) is 23.1 Å². The van der Waals surface area contributed by atoms with Crippen LogP contribution in [0.1, 0.15) is 239 Å². The van der Waals surface area contributed by atoms with Crippen molar-refractivity contribution in [2.24, 2.45) is 0 Å². The second kappa shape index (κ2) is 38.1. The Morgan fingerprint density at radius 2 is 0.761 bits per heavy atom. The van der Waals surface area contributed by atoms with Crippen molar-refractivity contribution >= 4 is 11.9 Å². The highest BCUT2D eigenvalue weighted by Gasteiger charge is 2.21. The van der Waals surface area contributed by atoms with Gasteiger partial charge in [0, 0.05) is 6.42 Å². The summed E-state index contributed by atoms with van der Waals surface area (Å²) in [5.74, 6) is -1.34. The van der Waals surface area contributed by atoms with Crippen LogP contribution in [0.25, 0.3) is 0 Å². The van der Waals surface area contributed by atoms with Gasteiger partial charge in [-0.05, 0) is 44.9 Å². The summed E-state index contributed by atoms with van der Waals surface area (Å²) in [6.45, 7) is 4.55. The number of carbonyl (C=O) groups excluding carboxylic acids is 1. The minimum atomic E-state index is -1.00. The van der Waals surface area contributed by atoms with Gasteiger partial charge in [0.05, 0.1) is 0 Å². The van der Waals surface area contributed by atoms with Crippen molar-refractivity contribution in [2.45, 2.75) is 245 Å². The van der Waals surface area contributed by atoms with Crippen LogP contribution in [0.4, 0.5) is 0 Å². The van der Waals surface area contributed by atoms with E-state index in [1.807, 2.05) is 0 Å². The molecule has 272 valence electrons. The molecular weight excluding hydrogens is 568 g/mol. The lowest BCUT2D eigenvalue weighted by molar-refractivity contribution is -0.164. The fourth-order valence-corrected chi connectivity index (χ4v) is 6.38. The Kier molecular flexibility index (Phi) is 37.0. The highest BCUT2D eigenvalue weighted by Crippen LogP contribution is 2.16. The van der Waals surface area contributed by atoms with Crippen molar-refractivity contribution in [3.63, 3.8) is 0 Å². The topological polar surface area (TPSA) is 63.6 Å². The SMILES string of the molecule is CCCCCCCC/C=C\CCCCCCCCCCCC(=O)OC(CCCCCCCCCCCCCCCCCC)C(=O)O. The standard InChI is InChI=1S/C42H80O4/c1-3-5-7-9-11-13-15-17-19-21-22-23-25-27-29-31-33-35-37-39-41(43)46-40(42(44)45)38-36-34-32-30-28-26-24-20-18-16-14-12-10-8-6-4-2/h17,19,40H,3-16,18,20-39H2,1-2H3,(H,44,45)/b19-17-. The third-order valence-electron chi connectivity index (χ3n) is 9.51. The zero-order valence-electron chi connectivity index (χ0n) is 31.2. The number of hydrogen-bond acceptors (Lipinski definition) is 3. The molecule has 4 heteroatoms. The molecule has 0 aliphatic rings. The van der Waals surface area contributed by atoms with Crippen molar-refractivity contribution in [1.29, 1.82) is 0 Å². The maximum absolute atomic E-state index is 12.2. The molecule has 0 aliphatic heterocycles. The van der Waals surface area contributed by atoms with Crippen LogP contribution < -0.4 is 0 Å². The van der Waals surface area contributed by atoms with Gasteiger partial charge in [0.2, 0.25) is 0 Å². The Hall–Kier alpha value is -1.32. The van der Waals surface area contributed by atoms with Crippen LogP contribution in [0.2, 0.25) is 0 Å². The van der Waals surface area contributed by atoms with Gasteiger partial charge in [-0.3, -0.25) is 4.79 Å². The molecule has 4 nitrogen and oxygen atoms in total. The molecule has 1 unspecified atom stereocenters. The number of hydrogen-bond donors (Lipinski definition) is 1.